The summed E-state index contributed by atoms with van der Waals surface area (Å²) in [6.45, 7) is 9.81. The number of hydrogen-bond donors (Lipinski definition) is 0. The van der Waals surface area contributed by atoms with Gasteiger partial charge in [-0.15, -0.1) is 11.3 Å². The first-order chi connectivity index (χ1) is 28.8. The summed E-state index contributed by atoms with van der Waals surface area (Å²) in [7, 11) is 0. The van der Waals surface area contributed by atoms with Gasteiger partial charge in [0, 0.05) is 37.1 Å². The molecule has 1 aromatic heterocycles. The second-order valence-electron chi connectivity index (χ2n) is 17.9. The highest BCUT2D eigenvalue weighted by atomic mass is 32.1. The molecule has 2 aliphatic carbocycles. The smallest absolute Gasteiger partial charge is 0.0714 e. The first kappa shape index (κ1) is 35.9. The Bertz CT molecular complexity index is 3010. The van der Waals surface area contributed by atoms with Crippen molar-refractivity contribution in [1.29, 1.82) is 0 Å². The van der Waals surface area contributed by atoms with Crippen molar-refractivity contribution < 1.29 is 0 Å². The second-order valence-corrected chi connectivity index (χ2v) is 19.0. The maximum Gasteiger partial charge on any atom is 0.0714 e. The summed E-state index contributed by atoms with van der Waals surface area (Å²) in [6, 6.07) is 70.8. The quantitative estimate of drug-likeness (QED) is 0.163. The van der Waals surface area contributed by atoms with Crippen LogP contribution in [0.2, 0.25) is 0 Å². The van der Waals surface area contributed by atoms with Gasteiger partial charge < -0.3 is 4.90 Å². The number of benzene rings is 8. The molecule has 0 saturated heterocycles. The average Bonchev–Trinajstić information content (AvgIpc) is 3.79. The molecule has 8 aromatic carbocycles. The lowest BCUT2D eigenvalue weighted by Crippen LogP contribution is -2.34. The van der Waals surface area contributed by atoms with Crippen LogP contribution in [0.25, 0.3) is 42.4 Å². The van der Waals surface area contributed by atoms with Crippen LogP contribution in [0.5, 0.6) is 0 Å². The topological polar surface area (TPSA) is 3.24 Å². The van der Waals surface area contributed by atoms with Gasteiger partial charge in [0.15, 0.2) is 0 Å². The van der Waals surface area contributed by atoms with E-state index in [-0.39, 0.29) is 10.8 Å². The van der Waals surface area contributed by atoms with Crippen molar-refractivity contribution in [2.75, 3.05) is 4.90 Å². The molecule has 1 nitrogen and oxygen atoms in total. The zero-order chi connectivity index (χ0) is 39.9. The summed E-state index contributed by atoms with van der Waals surface area (Å²) < 4.78 is 2.62. The number of nitrogens with zero attached hydrogens (tertiary/aromatic N) is 1. The third kappa shape index (κ3) is 5.43. The SMILES string of the molecule is CC1(C)CCC(C)(C)c2c(-c3cc4c(cc3N(c3ccccc3)c3ccc5sc6ccccc6c5c3)C(c3ccccc3)(c3ccccc3)c3ccccc3-4)cccc21. The van der Waals surface area contributed by atoms with Crippen LogP contribution in [-0.4, -0.2) is 0 Å². The number of thiophene rings is 1. The Labute approximate surface area is 352 Å². The fourth-order valence-electron chi connectivity index (χ4n) is 10.7. The van der Waals surface area contributed by atoms with Crippen LogP contribution in [0.15, 0.2) is 188 Å². The molecule has 0 aliphatic heterocycles. The molecule has 0 fully saturated rings. The van der Waals surface area contributed by atoms with Gasteiger partial charge >= 0.3 is 0 Å². The summed E-state index contributed by atoms with van der Waals surface area (Å²) in [5.74, 6) is 0. The van der Waals surface area contributed by atoms with Gasteiger partial charge in [0.1, 0.15) is 0 Å². The van der Waals surface area contributed by atoms with Crippen LogP contribution in [0.3, 0.4) is 0 Å². The van der Waals surface area contributed by atoms with E-state index >= 15 is 0 Å². The van der Waals surface area contributed by atoms with Crippen molar-refractivity contribution >= 4 is 48.6 Å². The van der Waals surface area contributed by atoms with Crippen LogP contribution in [0.1, 0.15) is 73.9 Å². The standard InChI is InChI=1S/C57H47NS/c1-55(2)33-34-56(3,4)54-44(27-18-29-49(54)55)46-36-45-42-25-14-16-28-48(42)57(38-19-8-5-9-20-38,39-21-10-6-11-22-39)50(45)37-51(46)58(40-23-12-7-13-24-40)41-31-32-53-47(35-41)43-26-15-17-30-52(43)59-53/h5-32,35-37H,33-34H2,1-4H3. The summed E-state index contributed by atoms with van der Waals surface area (Å²) in [5, 5.41) is 2.60. The number of anilines is 3. The fraction of sp³-hybridized carbons (Fsp3) is 0.158. The summed E-state index contributed by atoms with van der Waals surface area (Å²) in [6.07, 6.45) is 2.31. The van der Waals surface area contributed by atoms with Gasteiger partial charge in [-0.3, -0.25) is 0 Å². The third-order valence-electron chi connectivity index (χ3n) is 13.6. The summed E-state index contributed by atoms with van der Waals surface area (Å²) in [4.78, 5) is 2.55. The minimum absolute atomic E-state index is 0.000443. The van der Waals surface area contributed by atoms with E-state index in [1.165, 1.54) is 87.9 Å². The Hall–Kier alpha value is -6.22. The molecule has 2 aliphatic rings. The molecule has 0 radical (unpaired) electrons. The Balaban J connectivity index is 1.30. The second kappa shape index (κ2) is 13.4. The lowest BCUT2D eigenvalue weighted by molar-refractivity contribution is 0.333. The number of hydrogen-bond acceptors (Lipinski definition) is 2. The van der Waals surface area contributed by atoms with E-state index in [1.807, 2.05) is 11.3 Å². The predicted octanol–water partition coefficient (Wildman–Crippen LogP) is 15.9. The third-order valence-corrected chi connectivity index (χ3v) is 14.7. The molecule has 11 rings (SSSR count). The molecule has 9 aromatic rings. The largest absolute Gasteiger partial charge is 0.310 e. The van der Waals surface area contributed by atoms with Crippen molar-refractivity contribution in [3.8, 4) is 22.3 Å². The monoisotopic (exact) mass is 777 g/mol. The Morgan fingerprint density at radius 2 is 1.00 bits per heavy atom. The van der Waals surface area contributed by atoms with E-state index < -0.39 is 5.41 Å². The van der Waals surface area contributed by atoms with Gasteiger partial charge in [0.25, 0.3) is 0 Å². The van der Waals surface area contributed by atoms with E-state index in [0.717, 1.165) is 17.8 Å². The van der Waals surface area contributed by atoms with Crippen LogP contribution >= 0.6 is 11.3 Å². The van der Waals surface area contributed by atoms with Crippen molar-refractivity contribution in [3.63, 3.8) is 0 Å². The van der Waals surface area contributed by atoms with Gasteiger partial charge in [0.2, 0.25) is 0 Å². The minimum Gasteiger partial charge on any atom is -0.310 e. The lowest BCUT2D eigenvalue weighted by Gasteiger charge is -2.43. The van der Waals surface area contributed by atoms with E-state index in [1.54, 1.807) is 0 Å². The van der Waals surface area contributed by atoms with Gasteiger partial charge in [-0.2, -0.15) is 0 Å². The van der Waals surface area contributed by atoms with Crippen LogP contribution in [-0.2, 0) is 16.2 Å². The van der Waals surface area contributed by atoms with E-state index in [9.17, 15) is 0 Å². The Morgan fingerprint density at radius 1 is 0.407 bits per heavy atom. The Kier molecular flexibility index (Phi) is 8.16. The maximum atomic E-state index is 2.58. The maximum absolute atomic E-state index is 2.58. The molecule has 0 amide bonds. The lowest BCUT2D eigenvalue weighted by atomic mass is 9.61. The zero-order valence-electron chi connectivity index (χ0n) is 34.2. The van der Waals surface area contributed by atoms with Crippen molar-refractivity contribution in [3.05, 3.63) is 221 Å². The van der Waals surface area contributed by atoms with Crippen LogP contribution < -0.4 is 4.90 Å². The molecule has 0 unspecified atom stereocenters. The van der Waals surface area contributed by atoms with Crippen LogP contribution in [0, 0.1) is 0 Å². The number of rotatable bonds is 6. The Morgan fingerprint density at radius 3 is 1.75 bits per heavy atom. The molecule has 59 heavy (non-hydrogen) atoms. The highest BCUT2D eigenvalue weighted by Gasteiger charge is 2.47. The number of fused-ring (bicyclic) bond motifs is 7. The molecule has 0 spiro atoms. The molecule has 0 atom stereocenters. The van der Waals surface area contributed by atoms with Gasteiger partial charge in [0.05, 0.1) is 11.1 Å². The van der Waals surface area contributed by atoms with Crippen molar-refractivity contribution in [2.45, 2.75) is 56.8 Å². The minimum atomic E-state index is -0.533. The highest BCUT2D eigenvalue weighted by molar-refractivity contribution is 7.25. The molecule has 2 heteroatoms. The van der Waals surface area contributed by atoms with Crippen molar-refractivity contribution in [1.82, 2.24) is 0 Å². The van der Waals surface area contributed by atoms with Gasteiger partial charge in [-0.1, -0.05) is 167 Å². The van der Waals surface area contributed by atoms with Crippen molar-refractivity contribution in [2.24, 2.45) is 0 Å². The first-order valence-electron chi connectivity index (χ1n) is 21.1. The molecular formula is C57H47NS. The summed E-state index contributed by atoms with van der Waals surface area (Å²) >= 11 is 1.87. The van der Waals surface area contributed by atoms with E-state index in [0.29, 0.717) is 0 Å². The predicted molar refractivity (Wildman–Crippen MR) is 252 cm³/mol. The molecule has 0 bridgehead atoms. The fourth-order valence-corrected chi connectivity index (χ4v) is 11.8. The molecule has 0 saturated carbocycles. The van der Waals surface area contributed by atoms with E-state index in [4.69, 9.17) is 0 Å². The van der Waals surface area contributed by atoms with Crippen LogP contribution in [0.4, 0.5) is 17.1 Å². The molecular weight excluding hydrogens is 731 g/mol. The first-order valence-corrected chi connectivity index (χ1v) is 21.9. The number of para-hydroxylation sites is 1. The van der Waals surface area contributed by atoms with E-state index in [2.05, 4.69) is 221 Å². The average molecular weight is 778 g/mol. The zero-order valence-corrected chi connectivity index (χ0v) is 35.0. The molecule has 1 heterocycles. The van der Waals surface area contributed by atoms with Gasteiger partial charge in [-0.25, -0.2) is 0 Å². The van der Waals surface area contributed by atoms with Gasteiger partial charge in [-0.05, 0) is 122 Å². The summed E-state index contributed by atoms with van der Waals surface area (Å²) in [5.41, 5.74) is 16.3. The highest BCUT2D eigenvalue weighted by Crippen LogP contribution is 2.60. The molecule has 0 N–H and O–H groups in total. The molecule has 286 valence electrons. The normalized spacial score (nSPS) is 15.7.